The van der Waals surface area contributed by atoms with Crippen LogP contribution in [0.4, 0.5) is 9.18 Å². The summed E-state index contributed by atoms with van der Waals surface area (Å²) in [5.74, 6) is 0.307. The van der Waals surface area contributed by atoms with E-state index in [1.165, 1.54) is 17.0 Å². The third-order valence-electron chi connectivity index (χ3n) is 4.83. The highest BCUT2D eigenvalue weighted by molar-refractivity contribution is 5.97. The van der Waals surface area contributed by atoms with Gasteiger partial charge in [-0.25, -0.2) is 14.2 Å². The Labute approximate surface area is 161 Å². The summed E-state index contributed by atoms with van der Waals surface area (Å²) in [4.78, 5) is 23.8. The lowest BCUT2D eigenvalue weighted by atomic mass is 10.0. The summed E-state index contributed by atoms with van der Waals surface area (Å²) in [6.45, 7) is 5.72. The average molecular weight is 380 g/mol. The molecule has 3 N–H and O–H groups in total. The van der Waals surface area contributed by atoms with Gasteiger partial charge in [-0.1, -0.05) is 6.07 Å². The van der Waals surface area contributed by atoms with Crippen molar-refractivity contribution in [2.24, 2.45) is 0 Å². The van der Waals surface area contributed by atoms with E-state index >= 15 is 0 Å². The highest BCUT2D eigenvalue weighted by atomic mass is 19.1. The van der Waals surface area contributed by atoms with E-state index in [-0.39, 0.29) is 12.4 Å². The highest BCUT2D eigenvalue weighted by Crippen LogP contribution is 2.31. The van der Waals surface area contributed by atoms with Gasteiger partial charge in [0.25, 0.3) is 0 Å². The lowest BCUT2D eigenvalue weighted by molar-refractivity contribution is 0.0940. The zero-order valence-corrected chi connectivity index (χ0v) is 15.9. The predicted molar refractivity (Wildman–Crippen MR) is 107 cm³/mol. The molecule has 4 rings (SSSR count). The first kappa shape index (κ1) is 18.0. The Morgan fingerprint density at radius 1 is 1.18 bits per heavy atom. The number of hydrogen-bond acceptors (Lipinski definition) is 2. The third-order valence-corrected chi connectivity index (χ3v) is 4.83. The Bertz CT molecular complexity index is 1190. The highest BCUT2D eigenvalue weighted by Gasteiger charge is 2.27. The molecule has 7 heteroatoms. The normalized spacial score (nSPS) is 12.0. The quantitative estimate of drug-likeness (QED) is 0.461. The molecule has 0 saturated heterocycles. The predicted octanol–water partition coefficient (Wildman–Crippen LogP) is 5.13. The fraction of sp³-hybridized carbons (Fsp3) is 0.238. The van der Waals surface area contributed by atoms with Crippen molar-refractivity contribution in [3.8, 4) is 11.1 Å². The van der Waals surface area contributed by atoms with Crippen molar-refractivity contribution < 1.29 is 14.3 Å². The average Bonchev–Trinajstić information content (AvgIpc) is 3.20. The van der Waals surface area contributed by atoms with Crippen LogP contribution in [0.3, 0.4) is 0 Å². The summed E-state index contributed by atoms with van der Waals surface area (Å²) in [5.41, 5.74) is 3.73. The molecule has 0 aliphatic carbocycles. The molecule has 2 aromatic heterocycles. The number of carboxylic acid groups (broad SMARTS) is 1. The number of nitrogens with zero attached hydrogens (tertiary/aromatic N) is 2. The van der Waals surface area contributed by atoms with E-state index < -0.39 is 11.6 Å². The molecule has 0 aliphatic heterocycles. The standard InChI is InChI=1S/C21H21FN4O2/c1-21(2,3)26(20(27)28)11-19-24-16-7-4-12(8-18(16)25-19)15-10-23-17-9-13(22)5-6-14(15)17/h4-10,23H,11H2,1-3H3,(H,24,25)(H,27,28). The van der Waals surface area contributed by atoms with Crippen molar-refractivity contribution in [3.05, 3.63) is 54.2 Å². The summed E-state index contributed by atoms with van der Waals surface area (Å²) in [6, 6.07) is 10.5. The van der Waals surface area contributed by atoms with E-state index in [1.54, 1.807) is 6.07 Å². The number of nitrogens with one attached hydrogen (secondary N) is 2. The first-order valence-corrected chi connectivity index (χ1v) is 8.98. The first-order valence-electron chi connectivity index (χ1n) is 8.98. The van der Waals surface area contributed by atoms with Gasteiger partial charge in [0.1, 0.15) is 11.6 Å². The molecule has 0 spiro atoms. The van der Waals surface area contributed by atoms with Crippen LogP contribution in [0, 0.1) is 5.82 Å². The maximum Gasteiger partial charge on any atom is 0.408 e. The molecule has 0 radical (unpaired) electrons. The summed E-state index contributed by atoms with van der Waals surface area (Å²) in [7, 11) is 0. The van der Waals surface area contributed by atoms with Gasteiger partial charge in [-0.2, -0.15) is 0 Å². The van der Waals surface area contributed by atoms with Crippen molar-refractivity contribution in [1.29, 1.82) is 0 Å². The number of H-pyrrole nitrogens is 2. The summed E-state index contributed by atoms with van der Waals surface area (Å²) in [5, 5.41) is 10.4. The topological polar surface area (TPSA) is 85.0 Å². The Balaban J connectivity index is 1.71. The summed E-state index contributed by atoms with van der Waals surface area (Å²) >= 11 is 0. The second-order valence-corrected chi connectivity index (χ2v) is 7.85. The fourth-order valence-corrected chi connectivity index (χ4v) is 3.38. The molecule has 2 heterocycles. The van der Waals surface area contributed by atoms with E-state index in [9.17, 15) is 14.3 Å². The Kier molecular flexibility index (Phi) is 4.10. The van der Waals surface area contributed by atoms with Gasteiger partial charge in [-0.3, -0.25) is 4.90 Å². The van der Waals surface area contributed by atoms with Crippen LogP contribution in [0.25, 0.3) is 33.1 Å². The number of aromatic nitrogens is 3. The smallest absolute Gasteiger partial charge is 0.408 e. The fourth-order valence-electron chi connectivity index (χ4n) is 3.38. The van der Waals surface area contributed by atoms with Crippen LogP contribution < -0.4 is 0 Å². The molecule has 0 fully saturated rings. The van der Waals surface area contributed by atoms with Crippen molar-refractivity contribution in [2.45, 2.75) is 32.9 Å². The number of amides is 1. The van der Waals surface area contributed by atoms with E-state index in [1.807, 2.05) is 45.2 Å². The van der Waals surface area contributed by atoms with Crippen molar-refractivity contribution in [2.75, 3.05) is 0 Å². The van der Waals surface area contributed by atoms with E-state index in [0.29, 0.717) is 5.82 Å². The van der Waals surface area contributed by atoms with Crippen molar-refractivity contribution >= 4 is 28.0 Å². The minimum absolute atomic E-state index is 0.176. The summed E-state index contributed by atoms with van der Waals surface area (Å²) < 4.78 is 13.4. The van der Waals surface area contributed by atoms with Gasteiger partial charge in [-0.05, 0) is 56.7 Å². The number of carbonyl (C=O) groups is 1. The zero-order valence-electron chi connectivity index (χ0n) is 15.9. The van der Waals surface area contributed by atoms with Gasteiger partial charge in [0.05, 0.1) is 17.6 Å². The molecule has 144 valence electrons. The van der Waals surface area contributed by atoms with Crippen molar-refractivity contribution in [1.82, 2.24) is 19.9 Å². The maximum absolute atomic E-state index is 13.4. The molecular formula is C21H21FN4O2. The van der Waals surface area contributed by atoms with Crippen molar-refractivity contribution in [3.63, 3.8) is 0 Å². The molecule has 0 atom stereocenters. The molecule has 4 aromatic rings. The minimum atomic E-state index is -0.986. The molecule has 1 amide bonds. The molecule has 6 nitrogen and oxygen atoms in total. The minimum Gasteiger partial charge on any atom is -0.465 e. The van der Waals surface area contributed by atoms with Gasteiger partial charge >= 0.3 is 6.09 Å². The summed E-state index contributed by atoms with van der Waals surface area (Å²) in [6.07, 6.45) is 0.869. The van der Waals surface area contributed by atoms with Crippen LogP contribution in [0.1, 0.15) is 26.6 Å². The Hall–Kier alpha value is -3.35. The van der Waals surface area contributed by atoms with Crippen LogP contribution in [0.2, 0.25) is 0 Å². The molecule has 0 aliphatic rings. The SMILES string of the molecule is CC(C)(C)N(Cc1nc2ccc(-c3c[nH]c4cc(F)ccc34)cc2[nH]1)C(=O)O. The molecule has 28 heavy (non-hydrogen) atoms. The van der Waals surface area contributed by atoms with Crippen LogP contribution >= 0.6 is 0 Å². The maximum atomic E-state index is 13.4. The molecule has 0 saturated carbocycles. The lowest BCUT2D eigenvalue weighted by Gasteiger charge is -2.32. The lowest BCUT2D eigenvalue weighted by Crippen LogP contribution is -2.44. The van der Waals surface area contributed by atoms with Crippen LogP contribution in [0.15, 0.2) is 42.6 Å². The number of hydrogen-bond donors (Lipinski definition) is 3. The van der Waals surface area contributed by atoms with Crippen LogP contribution in [-0.4, -0.2) is 36.6 Å². The number of halogens is 1. The van der Waals surface area contributed by atoms with E-state index in [4.69, 9.17) is 0 Å². The number of imidazole rings is 1. The monoisotopic (exact) mass is 380 g/mol. The number of benzene rings is 2. The Morgan fingerprint density at radius 2 is 1.96 bits per heavy atom. The largest absolute Gasteiger partial charge is 0.465 e. The molecule has 2 aromatic carbocycles. The molecular weight excluding hydrogens is 359 g/mol. The van der Waals surface area contributed by atoms with Crippen LogP contribution in [-0.2, 0) is 6.54 Å². The molecule has 0 unspecified atom stereocenters. The Morgan fingerprint density at radius 3 is 2.68 bits per heavy atom. The van der Waals surface area contributed by atoms with E-state index in [2.05, 4.69) is 15.0 Å². The second-order valence-electron chi connectivity index (χ2n) is 7.85. The second kappa shape index (κ2) is 6.37. The van der Waals surface area contributed by atoms with Gasteiger partial charge in [0.15, 0.2) is 0 Å². The molecule has 0 bridgehead atoms. The van der Waals surface area contributed by atoms with E-state index in [0.717, 1.165) is 33.1 Å². The van der Waals surface area contributed by atoms with Crippen LogP contribution in [0.5, 0.6) is 0 Å². The van der Waals surface area contributed by atoms with Gasteiger partial charge in [0, 0.05) is 28.2 Å². The number of fused-ring (bicyclic) bond motifs is 2. The first-order chi connectivity index (χ1) is 13.2. The van der Waals surface area contributed by atoms with Gasteiger partial charge in [0.2, 0.25) is 0 Å². The number of aromatic amines is 2. The zero-order chi connectivity index (χ0) is 20.1. The van der Waals surface area contributed by atoms with Gasteiger partial charge in [-0.15, -0.1) is 0 Å². The third kappa shape index (κ3) is 3.19. The number of rotatable bonds is 3. The van der Waals surface area contributed by atoms with Gasteiger partial charge < -0.3 is 15.1 Å².